The van der Waals surface area contributed by atoms with Crippen LogP contribution in [0.4, 0.5) is 11.4 Å². The predicted octanol–water partition coefficient (Wildman–Crippen LogP) is 2.99. The van der Waals surface area contributed by atoms with Crippen LogP contribution in [-0.2, 0) is 41.6 Å². The maximum Gasteiger partial charge on any atom is 0.245 e. The number of piperazine rings is 1. The van der Waals surface area contributed by atoms with E-state index in [1.54, 1.807) is 37.7 Å². The summed E-state index contributed by atoms with van der Waals surface area (Å²) in [7, 11) is 3.41. The van der Waals surface area contributed by atoms with Gasteiger partial charge in [-0.15, -0.1) is 0 Å². The first-order valence-corrected chi connectivity index (χ1v) is 24.8. The second kappa shape index (κ2) is 22.1. The molecule has 6 amide bonds. The van der Waals surface area contributed by atoms with Crippen LogP contribution in [0.15, 0.2) is 36.4 Å². The second-order valence-electron chi connectivity index (χ2n) is 18.9. The van der Waals surface area contributed by atoms with E-state index < -0.39 is 36.3 Å². The van der Waals surface area contributed by atoms with E-state index in [0.717, 1.165) is 88.7 Å². The van der Waals surface area contributed by atoms with E-state index in [2.05, 4.69) is 78.1 Å². The number of likely N-dealkylation sites (tertiary alicyclic amines) is 2. The van der Waals surface area contributed by atoms with Gasteiger partial charge in [-0.3, -0.25) is 28.8 Å². The van der Waals surface area contributed by atoms with Crippen LogP contribution >= 0.6 is 0 Å². The molecule has 0 radical (unpaired) electrons. The zero-order valence-electron chi connectivity index (χ0n) is 40.0. The molecule has 66 heavy (non-hydrogen) atoms. The third kappa shape index (κ3) is 10.5. The highest BCUT2D eigenvalue weighted by Crippen LogP contribution is 2.39. The molecule has 0 spiro atoms. The molecule has 0 bridgehead atoms. The molecule has 2 aromatic carbocycles. The van der Waals surface area contributed by atoms with Gasteiger partial charge in [-0.25, -0.2) is 0 Å². The third-order valence-corrected chi connectivity index (χ3v) is 14.9. The van der Waals surface area contributed by atoms with Crippen LogP contribution in [0.1, 0.15) is 126 Å². The van der Waals surface area contributed by atoms with Crippen molar-refractivity contribution in [1.29, 1.82) is 0 Å². The number of nitrogens with one attached hydrogen (secondary N) is 6. The van der Waals surface area contributed by atoms with E-state index in [0.29, 0.717) is 38.8 Å². The maximum absolute atomic E-state index is 14.0. The summed E-state index contributed by atoms with van der Waals surface area (Å²) in [5.74, 6) is -1.14. The van der Waals surface area contributed by atoms with Crippen LogP contribution in [0.25, 0.3) is 0 Å². The molecule has 0 saturated carbocycles. The number of amides is 6. The average molecular weight is 911 g/mol. The fraction of sp³-hybridized carbons (Fsp3) is 0.640. The Morgan fingerprint density at radius 1 is 0.561 bits per heavy atom. The molecule has 360 valence electrons. The van der Waals surface area contributed by atoms with Crippen LogP contribution in [-0.4, -0.2) is 135 Å². The molecule has 3 aliphatic heterocycles. The van der Waals surface area contributed by atoms with Crippen molar-refractivity contribution in [2.45, 2.75) is 153 Å². The van der Waals surface area contributed by atoms with Crippen molar-refractivity contribution in [2.24, 2.45) is 0 Å². The molecule has 6 N–H and O–H groups in total. The highest BCUT2D eigenvalue weighted by molar-refractivity contribution is 5.94. The molecule has 7 rings (SSSR count). The van der Waals surface area contributed by atoms with Crippen molar-refractivity contribution in [3.8, 4) is 0 Å². The number of hydrogen-bond acceptors (Lipinski definition) is 10. The van der Waals surface area contributed by atoms with E-state index in [4.69, 9.17) is 0 Å². The fourth-order valence-corrected chi connectivity index (χ4v) is 10.8. The quantitative estimate of drug-likeness (QED) is 0.146. The lowest BCUT2D eigenvalue weighted by Gasteiger charge is -2.41. The first-order chi connectivity index (χ1) is 31.9. The smallest absolute Gasteiger partial charge is 0.245 e. The van der Waals surface area contributed by atoms with Crippen molar-refractivity contribution in [1.82, 2.24) is 41.7 Å². The first kappa shape index (κ1) is 48.7. The minimum Gasteiger partial charge on any atom is -0.368 e. The van der Waals surface area contributed by atoms with E-state index in [9.17, 15) is 28.8 Å². The van der Waals surface area contributed by atoms with Crippen LogP contribution < -0.4 is 41.7 Å². The van der Waals surface area contributed by atoms with E-state index in [1.165, 1.54) is 22.5 Å². The van der Waals surface area contributed by atoms with Crippen molar-refractivity contribution in [2.75, 3.05) is 63.2 Å². The number of carbonyl (C=O) groups is 6. The SMILES string of the molecule is CC[C@H](NC(=O)[C@H](C)NC)C(=O)N1CCC[C@H]1C(=O)N[C@@H]1CCCc2c1cccc2N1CCN(c2cccc3c2CCC[C@H]3NC(=O)[C@@H]2CCCN2C(=O)[C@H](CC)NC(=O)[C@H](C)NC)CC1. The first-order valence-electron chi connectivity index (χ1n) is 24.8. The zero-order valence-corrected chi connectivity index (χ0v) is 40.0. The second-order valence-corrected chi connectivity index (χ2v) is 18.9. The van der Waals surface area contributed by atoms with Gasteiger partial charge in [0.1, 0.15) is 24.2 Å². The topological polar surface area (TPSA) is 188 Å². The third-order valence-electron chi connectivity index (χ3n) is 14.9. The molecule has 8 atom stereocenters. The summed E-state index contributed by atoms with van der Waals surface area (Å²) in [6.45, 7) is 11.6. The monoisotopic (exact) mass is 911 g/mol. The standard InChI is InChI=1S/C50H74N10O6/c1-7-37(53-45(61)31(3)51-5)49(65)59-25-13-23-43(59)47(63)55-39-19-9-17-35-33(39)15-11-21-41(35)57-27-29-58(30-28-57)42-22-12-16-34-36(42)18-10-20-40(34)56-48(64)44-24-14-26-60(44)50(66)38(8-2)54-46(62)32(4)52-6/h11-12,15-16,21-22,31-32,37-40,43-44,51-52H,7-10,13-14,17-20,23-30H2,1-6H3,(H,53,61)(H,54,62)(H,55,63)(H,56,64)/t31-,32-,37-,38-,39+,40+,43-,44-/m0/s1. The van der Waals surface area contributed by atoms with Gasteiger partial charge >= 0.3 is 0 Å². The molecule has 3 fully saturated rings. The summed E-state index contributed by atoms with van der Waals surface area (Å²) in [6.07, 6.45) is 9.01. The lowest BCUT2D eigenvalue weighted by atomic mass is 9.85. The minimum atomic E-state index is -0.680. The molecule has 2 aliphatic carbocycles. The number of benzene rings is 2. The van der Waals surface area contributed by atoms with Gasteiger partial charge in [-0.05, 0) is 139 Å². The summed E-state index contributed by atoms with van der Waals surface area (Å²) in [5.41, 5.74) is 7.31. The minimum absolute atomic E-state index is 0.131. The Morgan fingerprint density at radius 2 is 0.955 bits per heavy atom. The highest BCUT2D eigenvalue weighted by Gasteiger charge is 2.41. The van der Waals surface area contributed by atoms with Gasteiger partial charge < -0.3 is 51.5 Å². The molecular weight excluding hydrogens is 837 g/mol. The van der Waals surface area contributed by atoms with Gasteiger partial charge in [0.2, 0.25) is 35.4 Å². The lowest BCUT2D eigenvalue weighted by Crippen LogP contribution is -2.55. The highest BCUT2D eigenvalue weighted by atomic mass is 16.2. The fourth-order valence-electron chi connectivity index (χ4n) is 10.8. The largest absolute Gasteiger partial charge is 0.368 e. The Kier molecular flexibility index (Phi) is 16.3. The summed E-state index contributed by atoms with van der Waals surface area (Å²) in [4.78, 5) is 88.9. The number of nitrogens with zero attached hydrogens (tertiary/aromatic N) is 4. The molecular formula is C50H74N10O6. The number of rotatable bonds is 16. The molecule has 3 saturated heterocycles. The van der Waals surface area contributed by atoms with Gasteiger partial charge in [0.15, 0.2) is 0 Å². The van der Waals surface area contributed by atoms with E-state index in [1.807, 2.05) is 13.8 Å². The number of hydrogen-bond donors (Lipinski definition) is 6. The van der Waals surface area contributed by atoms with Gasteiger partial charge in [0, 0.05) is 50.6 Å². The maximum atomic E-state index is 14.0. The van der Waals surface area contributed by atoms with Crippen LogP contribution in [0.2, 0.25) is 0 Å². The van der Waals surface area contributed by atoms with Gasteiger partial charge in [0.05, 0.1) is 24.2 Å². The zero-order chi connectivity index (χ0) is 47.1. The van der Waals surface area contributed by atoms with Crippen molar-refractivity contribution in [3.63, 3.8) is 0 Å². The molecule has 0 unspecified atom stereocenters. The van der Waals surface area contributed by atoms with Crippen molar-refractivity contribution in [3.05, 3.63) is 58.7 Å². The average Bonchev–Trinajstić information content (AvgIpc) is 4.05. The summed E-state index contributed by atoms with van der Waals surface area (Å²) in [5, 5.41) is 18.3. The summed E-state index contributed by atoms with van der Waals surface area (Å²) < 4.78 is 0. The normalized spacial score (nSPS) is 23.5. The molecule has 5 aliphatic rings. The van der Waals surface area contributed by atoms with Crippen LogP contribution in [0.5, 0.6) is 0 Å². The Bertz CT molecular complexity index is 1950. The number of fused-ring (bicyclic) bond motifs is 2. The summed E-state index contributed by atoms with van der Waals surface area (Å²) >= 11 is 0. The Morgan fingerprint density at radius 3 is 1.32 bits per heavy atom. The number of carbonyl (C=O) groups excluding carboxylic acids is 6. The van der Waals surface area contributed by atoms with Crippen molar-refractivity contribution >= 4 is 46.8 Å². The molecule has 3 heterocycles. The molecule has 16 heteroatoms. The predicted molar refractivity (Wildman–Crippen MR) is 256 cm³/mol. The molecule has 16 nitrogen and oxygen atoms in total. The van der Waals surface area contributed by atoms with Gasteiger partial charge in [0.25, 0.3) is 0 Å². The Labute approximate surface area is 391 Å². The van der Waals surface area contributed by atoms with E-state index >= 15 is 0 Å². The molecule has 0 aromatic heterocycles. The summed E-state index contributed by atoms with van der Waals surface area (Å²) in [6, 6.07) is 9.27. The molecule has 2 aromatic rings. The van der Waals surface area contributed by atoms with Crippen molar-refractivity contribution < 1.29 is 28.8 Å². The van der Waals surface area contributed by atoms with Gasteiger partial charge in [-0.2, -0.15) is 0 Å². The van der Waals surface area contributed by atoms with Gasteiger partial charge in [-0.1, -0.05) is 38.1 Å². The number of anilines is 2. The Balaban J connectivity index is 0.974. The number of likely N-dealkylation sites (N-methyl/N-ethyl adjacent to an activating group) is 2. The van der Waals surface area contributed by atoms with Crippen LogP contribution in [0.3, 0.4) is 0 Å². The lowest BCUT2D eigenvalue weighted by molar-refractivity contribution is -0.141. The Hall–Kier alpha value is -5.22. The van der Waals surface area contributed by atoms with E-state index in [-0.39, 0.29) is 47.5 Å². The van der Waals surface area contributed by atoms with Crippen LogP contribution in [0, 0.1) is 0 Å².